The molecule has 4 heteroatoms. The summed E-state index contributed by atoms with van der Waals surface area (Å²) >= 11 is 0. The van der Waals surface area contributed by atoms with Gasteiger partial charge in [-0.05, 0) is 25.7 Å². The molecular formula is C35H68N2O2. The van der Waals surface area contributed by atoms with Crippen LogP contribution in [0.1, 0.15) is 187 Å². The molecule has 0 saturated carbocycles. The molecule has 0 aromatic rings. The predicted octanol–water partition coefficient (Wildman–Crippen LogP) is 10.7. The van der Waals surface area contributed by atoms with Crippen LogP contribution in [0.5, 0.6) is 0 Å². The van der Waals surface area contributed by atoms with Crippen molar-refractivity contribution in [2.75, 3.05) is 19.7 Å². The van der Waals surface area contributed by atoms with E-state index in [9.17, 15) is 4.79 Å². The van der Waals surface area contributed by atoms with Crippen LogP contribution in [0.15, 0.2) is 4.99 Å². The van der Waals surface area contributed by atoms with Gasteiger partial charge < -0.3 is 10.1 Å². The molecule has 0 aliphatic carbocycles. The first-order valence-electron chi connectivity index (χ1n) is 17.7. The van der Waals surface area contributed by atoms with Gasteiger partial charge in [-0.25, -0.2) is 0 Å². The van der Waals surface area contributed by atoms with Crippen molar-refractivity contribution in [2.24, 2.45) is 10.9 Å². The summed E-state index contributed by atoms with van der Waals surface area (Å²) in [5.41, 5.74) is 0. The van der Waals surface area contributed by atoms with Crippen molar-refractivity contribution in [3.8, 4) is 0 Å². The van der Waals surface area contributed by atoms with Gasteiger partial charge in [0.1, 0.15) is 0 Å². The van der Waals surface area contributed by atoms with Gasteiger partial charge in [0.05, 0.1) is 19.0 Å². The second-order valence-electron chi connectivity index (χ2n) is 12.2. The highest BCUT2D eigenvalue weighted by atomic mass is 16.5. The van der Waals surface area contributed by atoms with Crippen LogP contribution in [0.2, 0.25) is 0 Å². The van der Waals surface area contributed by atoms with Crippen molar-refractivity contribution in [3.05, 3.63) is 0 Å². The van der Waals surface area contributed by atoms with E-state index in [1.54, 1.807) is 0 Å². The Morgan fingerprint density at radius 2 is 1.08 bits per heavy atom. The van der Waals surface area contributed by atoms with Crippen LogP contribution in [0.25, 0.3) is 0 Å². The first-order chi connectivity index (χ1) is 19.3. The lowest BCUT2D eigenvalue weighted by atomic mass is 9.94. The minimum Gasteiger partial charge on any atom is -0.466 e. The molecule has 1 heterocycles. The average molecular weight is 549 g/mol. The van der Waals surface area contributed by atoms with Crippen LogP contribution >= 0.6 is 0 Å². The molecule has 1 unspecified atom stereocenters. The van der Waals surface area contributed by atoms with Gasteiger partial charge in [0, 0.05) is 18.9 Å². The highest BCUT2D eigenvalue weighted by Crippen LogP contribution is 2.20. The van der Waals surface area contributed by atoms with E-state index in [2.05, 4.69) is 19.2 Å². The quantitative estimate of drug-likeness (QED) is 0.0717. The van der Waals surface area contributed by atoms with Crippen LogP contribution in [0.4, 0.5) is 0 Å². The van der Waals surface area contributed by atoms with Crippen molar-refractivity contribution in [1.82, 2.24) is 5.32 Å². The summed E-state index contributed by atoms with van der Waals surface area (Å²) < 4.78 is 5.57. The number of unbranched alkanes of at least 4 members (excludes halogenated alkanes) is 21. The van der Waals surface area contributed by atoms with Gasteiger partial charge in [0.2, 0.25) is 0 Å². The highest BCUT2D eigenvalue weighted by molar-refractivity contribution is 5.85. The molecule has 1 N–H and O–H groups in total. The number of nitrogens with zero attached hydrogens (tertiary/aromatic N) is 1. The largest absolute Gasteiger partial charge is 0.466 e. The number of hydrogen-bond acceptors (Lipinski definition) is 4. The number of carbonyl (C=O) groups is 1. The molecule has 4 nitrogen and oxygen atoms in total. The van der Waals surface area contributed by atoms with Gasteiger partial charge in [0.25, 0.3) is 0 Å². The van der Waals surface area contributed by atoms with Gasteiger partial charge in [-0.3, -0.25) is 9.79 Å². The SMILES string of the molecule is CCCCCCCCCCCCCCCC(=O)OCCCC(CCCCCCCCCCCC)C1=NCCN1. The van der Waals surface area contributed by atoms with Gasteiger partial charge in [-0.2, -0.15) is 0 Å². The molecule has 0 spiro atoms. The molecule has 1 rings (SSSR count). The first kappa shape index (κ1) is 36.0. The monoisotopic (exact) mass is 549 g/mol. The van der Waals surface area contributed by atoms with Gasteiger partial charge >= 0.3 is 5.97 Å². The number of amidine groups is 1. The number of hydrogen-bond donors (Lipinski definition) is 1. The second-order valence-corrected chi connectivity index (χ2v) is 12.2. The molecule has 0 aromatic carbocycles. The Morgan fingerprint density at radius 1 is 0.641 bits per heavy atom. The third-order valence-electron chi connectivity index (χ3n) is 8.44. The summed E-state index contributed by atoms with van der Waals surface area (Å²) in [5, 5.41) is 3.50. The molecule has 230 valence electrons. The summed E-state index contributed by atoms with van der Waals surface area (Å²) in [6, 6.07) is 0. The van der Waals surface area contributed by atoms with E-state index in [-0.39, 0.29) is 5.97 Å². The van der Waals surface area contributed by atoms with E-state index < -0.39 is 0 Å². The Morgan fingerprint density at radius 3 is 1.54 bits per heavy atom. The van der Waals surface area contributed by atoms with Crippen molar-refractivity contribution in [2.45, 2.75) is 187 Å². The minimum atomic E-state index is 0.000601. The van der Waals surface area contributed by atoms with E-state index >= 15 is 0 Å². The Labute approximate surface area is 244 Å². The van der Waals surface area contributed by atoms with E-state index in [1.807, 2.05) is 0 Å². The maximum absolute atomic E-state index is 12.2. The number of nitrogens with one attached hydrogen (secondary N) is 1. The molecule has 0 fully saturated rings. The zero-order valence-corrected chi connectivity index (χ0v) is 26.6. The number of ether oxygens (including phenoxy) is 1. The molecule has 0 amide bonds. The summed E-state index contributed by atoms with van der Waals surface area (Å²) in [6.45, 7) is 7.04. The zero-order valence-electron chi connectivity index (χ0n) is 26.6. The smallest absolute Gasteiger partial charge is 0.305 e. The Kier molecular flexibility index (Phi) is 26.3. The van der Waals surface area contributed by atoms with Crippen molar-refractivity contribution in [3.63, 3.8) is 0 Å². The van der Waals surface area contributed by atoms with E-state index in [1.165, 1.54) is 154 Å². The van der Waals surface area contributed by atoms with Crippen LogP contribution in [-0.2, 0) is 9.53 Å². The third-order valence-corrected chi connectivity index (χ3v) is 8.44. The lowest BCUT2D eigenvalue weighted by Crippen LogP contribution is -2.27. The van der Waals surface area contributed by atoms with Crippen molar-refractivity contribution >= 4 is 11.8 Å². The number of aliphatic imine (C=N–C) groups is 1. The standard InChI is InChI=1S/C35H68N2O2/c1-3-5-7-9-11-13-15-16-17-19-21-23-25-29-34(38)39-32-26-28-33(35-36-30-31-37-35)27-24-22-20-18-14-12-10-8-6-4-2/h33H,3-32H2,1-2H3,(H,36,37). The van der Waals surface area contributed by atoms with Crippen molar-refractivity contribution in [1.29, 1.82) is 0 Å². The first-order valence-corrected chi connectivity index (χ1v) is 17.7. The molecule has 39 heavy (non-hydrogen) atoms. The van der Waals surface area contributed by atoms with Crippen LogP contribution in [0, 0.1) is 5.92 Å². The van der Waals surface area contributed by atoms with Crippen LogP contribution in [-0.4, -0.2) is 31.5 Å². The third kappa shape index (κ3) is 23.4. The maximum atomic E-state index is 12.2. The normalized spacial score (nSPS) is 13.8. The number of carbonyl (C=O) groups excluding carboxylic acids is 1. The van der Waals surface area contributed by atoms with E-state index in [0.29, 0.717) is 18.9 Å². The Hall–Kier alpha value is -1.06. The van der Waals surface area contributed by atoms with Crippen LogP contribution < -0.4 is 5.32 Å². The van der Waals surface area contributed by atoms with Crippen LogP contribution in [0.3, 0.4) is 0 Å². The Bertz CT molecular complexity index is 563. The molecule has 0 aromatic heterocycles. The van der Waals surface area contributed by atoms with Gasteiger partial charge in [-0.1, -0.05) is 155 Å². The molecular weight excluding hydrogens is 480 g/mol. The summed E-state index contributed by atoms with van der Waals surface area (Å²) in [6.07, 6.45) is 35.0. The summed E-state index contributed by atoms with van der Waals surface area (Å²) in [4.78, 5) is 16.9. The topological polar surface area (TPSA) is 50.7 Å². The molecule has 0 bridgehead atoms. The highest BCUT2D eigenvalue weighted by Gasteiger charge is 2.18. The van der Waals surface area contributed by atoms with Crippen molar-refractivity contribution < 1.29 is 9.53 Å². The predicted molar refractivity (Wildman–Crippen MR) is 171 cm³/mol. The molecule has 0 radical (unpaired) electrons. The lowest BCUT2D eigenvalue weighted by molar-refractivity contribution is -0.143. The molecule has 1 atom stereocenters. The zero-order chi connectivity index (χ0) is 28.1. The molecule has 1 aliphatic rings. The number of rotatable bonds is 30. The maximum Gasteiger partial charge on any atom is 0.305 e. The fourth-order valence-corrected chi connectivity index (χ4v) is 5.86. The second kappa shape index (κ2) is 28.5. The minimum absolute atomic E-state index is 0.000601. The summed E-state index contributed by atoms with van der Waals surface area (Å²) in [5.74, 6) is 1.73. The summed E-state index contributed by atoms with van der Waals surface area (Å²) in [7, 11) is 0. The average Bonchev–Trinajstić information content (AvgIpc) is 3.48. The fraction of sp³-hybridized carbons (Fsp3) is 0.943. The lowest BCUT2D eigenvalue weighted by Gasteiger charge is -2.17. The Balaban J connectivity index is 1.97. The van der Waals surface area contributed by atoms with Gasteiger partial charge in [0.15, 0.2) is 0 Å². The molecule has 0 saturated heterocycles. The fourth-order valence-electron chi connectivity index (χ4n) is 5.86. The van der Waals surface area contributed by atoms with E-state index in [4.69, 9.17) is 9.73 Å². The molecule has 1 aliphatic heterocycles. The van der Waals surface area contributed by atoms with E-state index in [0.717, 1.165) is 32.4 Å². The number of esters is 1. The van der Waals surface area contributed by atoms with Gasteiger partial charge in [-0.15, -0.1) is 0 Å².